The second-order valence-electron chi connectivity index (χ2n) is 5.39. The van der Waals surface area contributed by atoms with E-state index in [1.54, 1.807) is 30.1 Å². The highest BCUT2D eigenvalue weighted by Gasteiger charge is 2.11. The predicted molar refractivity (Wildman–Crippen MR) is 97.7 cm³/mol. The quantitative estimate of drug-likeness (QED) is 0.522. The van der Waals surface area contributed by atoms with Crippen molar-refractivity contribution < 1.29 is 4.39 Å². The van der Waals surface area contributed by atoms with E-state index in [0.717, 1.165) is 22.0 Å². The summed E-state index contributed by atoms with van der Waals surface area (Å²) >= 11 is 7.80. The average molecular weight is 387 g/mol. The van der Waals surface area contributed by atoms with E-state index in [1.165, 1.54) is 12.1 Å². The number of tetrazole rings is 1. The number of nitrogens with zero attached hydrogens (tertiary/aromatic N) is 5. The van der Waals surface area contributed by atoms with Crippen LogP contribution in [0.2, 0.25) is 5.02 Å². The van der Waals surface area contributed by atoms with E-state index in [-0.39, 0.29) is 5.82 Å². The molecule has 0 bridgehead atoms. The van der Waals surface area contributed by atoms with E-state index in [9.17, 15) is 4.39 Å². The molecule has 0 radical (unpaired) electrons. The van der Waals surface area contributed by atoms with Crippen LogP contribution in [0, 0.1) is 5.82 Å². The second-order valence-corrected chi connectivity index (χ2v) is 6.74. The Morgan fingerprint density at radius 3 is 2.77 bits per heavy atom. The van der Waals surface area contributed by atoms with Gasteiger partial charge in [0.05, 0.1) is 5.02 Å². The Hall–Kier alpha value is -2.71. The fourth-order valence-electron chi connectivity index (χ4n) is 2.45. The molecule has 2 heterocycles. The average Bonchev–Trinajstić information content (AvgIpc) is 3.33. The molecule has 26 heavy (non-hydrogen) atoms. The van der Waals surface area contributed by atoms with Crippen LogP contribution in [0.3, 0.4) is 0 Å². The summed E-state index contributed by atoms with van der Waals surface area (Å²) < 4.78 is 15.0. The fourth-order valence-corrected chi connectivity index (χ4v) is 3.57. The highest BCUT2D eigenvalue weighted by atomic mass is 35.5. The van der Waals surface area contributed by atoms with Crippen molar-refractivity contribution in [3.63, 3.8) is 0 Å². The first-order chi connectivity index (χ1) is 12.7. The number of rotatable bonds is 5. The molecule has 9 heteroatoms. The van der Waals surface area contributed by atoms with Crippen LogP contribution in [0.5, 0.6) is 0 Å². The maximum Gasteiger partial charge on any atom is 0.206 e. The first-order valence-electron chi connectivity index (χ1n) is 7.65. The SMILES string of the molecule is Fc1ccc(-n2ccnc2SCc2ccc(Cl)c(-c3nn[nH]n3)c2)cc1. The van der Waals surface area contributed by atoms with Gasteiger partial charge in [0.15, 0.2) is 5.16 Å². The van der Waals surface area contributed by atoms with Crippen LogP contribution in [0.25, 0.3) is 17.1 Å². The molecule has 4 rings (SSSR count). The number of H-pyrrole nitrogens is 1. The first kappa shape index (κ1) is 16.7. The molecular weight excluding hydrogens is 375 g/mol. The van der Waals surface area contributed by atoms with Crippen molar-refractivity contribution in [1.82, 2.24) is 30.2 Å². The number of hydrogen-bond acceptors (Lipinski definition) is 5. The van der Waals surface area contributed by atoms with Gasteiger partial charge in [-0.05, 0) is 47.2 Å². The van der Waals surface area contributed by atoms with Crippen molar-refractivity contribution in [3.05, 3.63) is 71.3 Å². The van der Waals surface area contributed by atoms with Gasteiger partial charge in [-0.25, -0.2) is 9.37 Å². The number of aromatic nitrogens is 6. The summed E-state index contributed by atoms with van der Waals surface area (Å²) in [4.78, 5) is 4.39. The Balaban J connectivity index is 1.55. The molecule has 130 valence electrons. The number of thioether (sulfide) groups is 1. The predicted octanol–water partition coefficient (Wildman–Crippen LogP) is 4.14. The summed E-state index contributed by atoms with van der Waals surface area (Å²) in [6.07, 6.45) is 3.57. The molecule has 2 aromatic carbocycles. The highest BCUT2D eigenvalue weighted by Crippen LogP contribution is 2.29. The van der Waals surface area contributed by atoms with Gasteiger partial charge in [0.1, 0.15) is 5.82 Å². The van der Waals surface area contributed by atoms with Crippen molar-refractivity contribution in [2.24, 2.45) is 0 Å². The summed E-state index contributed by atoms with van der Waals surface area (Å²) in [5, 5.41) is 15.3. The lowest BCUT2D eigenvalue weighted by atomic mass is 10.1. The summed E-state index contributed by atoms with van der Waals surface area (Å²) in [6.45, 7) is 0. The Labute approximate surface area is 157 Å². The lowest BCUT2D eigenvalue weighted by Gasteiger charge is -2.08. The molecular formula is C17H12ClFN6S. The molecule has 1 N–H and O–H groups in total. The van der Waals surface area contributed by atoms with Crippen molar-refractivity contribution in [2.45, 2.75) is 10.9 Å². The fraction of sp³-hybridized carbons (Fsp3) is 0.0588. The number of halogens is 2. The maximum atomic E-state index is 13.1. The normalized spacial score (nSPS) is 11.0. The Kier molecular flexibility index (Phi) is 4.68. The maximum absolute atomic E-state index is 13.1. The smallest absolute Gasteiger partial charge is 0.206 e. The molecule has 0 aliphatic carbocycles. The van der Waals surface area contributed by atoms with Gasteiger partial charge in [-0.3, -0.25) is 4.57 Å². The third-order valence-corrected chi connectivity index (χ3v) is 5.06. The summed E-state index contributed by atoms with van der Waals surface area (Å²) in [7, 11) is 0. The van der Waals surface area contributed by atoms with Gasteiger partial charge < -0.3 is 0 Å². The van der Waals surface area contributed by atoms with E-state index in [4.69, 9.17) is 11.6 Å². The Morgan fingerprint density at radius 1 is 1.15 bits per heavy atom. The number of aromatic amines is 1. The zero-order valence-corrected chi connectivity index (χ0v) is 14.9. The van der Waals surface area contributed by atoms with E-state index in [2.05, 4.69) is 25.6 Å². The largest absolute Gasteiger partial charge is 0.295 e. The number of imidazole rings is 1. The van der Waals surface area contributed by atoms with Gasteiger partial charge in [0.25, 0.3) is 0 Å². The molecule has 0 saturated carbocycles. The van der Waals surface area contributed by atoms with Crippen LogP contribution in [0.1, 0.15) is 5.56 Å². The van der Waals surface area contributed by atoms with Gasteiger partial charge in [0.2, 0.25) is 5.82 Å². The molecule has 0 spiro atoms. The minimum Gasteiger partial charge on any atom is -0.295 e. The third-order valence-electron chi connectivity index (χ3n) is 3.70. The van der Waals surface area contributed by atoms with Gasteiger partial charge in [-0.2, -0.15) is 5.21 Å². The molecule has 0 amide bonds. The molecule has 0 saturated heterocycles. The third kappa shape index (κ3) is 3.47. The van der Waals surface area contributed by atoms with Crippen molar-refractivity contribution in [2.75, 3.05) is 0 Å². The lowest BCUT2D eigenvalue weighted by molar-refractivity contribution is 0.627. The zero-order valence-electron chi connectivity index (χ0n) is 13.3. The van der Waals surface area contributed by atoms with E-state index in [1.807, 2.05) is 29.0 Å². The molecule has 0 unspecified atom stereocenters. The van der Waals surface area contributed by atoms with E-state index in [0.29, 0.717) is 16.6 Å². The van der Waals surface area contributed by atoms with Crippen LogP contribution in [-0.4, -0.2) is 30.2 Å². The van der Waals surface area contributed by atoms with Crippen LogP contribution in [0.15, 0.2) is 60.0 Å². The number of nitrogens with one attached hydrogen (secondary N) is 1. The van der Waals surface area contributed by atoms with E-state index >= 15 is 0 Å². The van der Waals surface area contributed by atoms with Crippen molar-refractivity contribution in [1.29, 1.82) is 0 Å². The lowest BCUT2D eigenvalue weighted by Crippen LogP contribution is -1.95. The van der Waals surface area contributed by atoms with Crippen molar-refractivity contribution >= 4 is 23.4 Å². The summed E-state index contributed by atoms with van der Waals surface area (Å²) in [5.41, 5.74) is 2.63. The molecule has 0 fully saturated rings. The summed E-state index contributed by atoms with van der Waals surface area (Å²) in [5.74, 6) is 0.869. The molecule has 0 aliphatic rings. The highest BCUT2D eigenvalue weighted by molar-refractivity contribution is 7.98. The van der Waals surface area contributed by atoms with Gasteiger partial charge in [-0.1, -0.05) is 29.4 Å². The van der Waals surface area contributed by atoms with Crippen molar-refractivity contribution in [3.8, 4) is 17.1 Å². The minimum absolute atomic E-state index is 0.266. The van der Waals surface area contributed by atoms with E-state index < -0.39 is 0 Å². The Morgan fingerprint density at radius 2 is 2.00 bits per heavy atom. The van der Waals surface area contributed by atoms with Crippen LogP contribution in [-0.2, 0) is 5.75 Å². The summed E-state index contributed by atoms with van der Waals surface area (Å²) in [6, 6.07) is 12.0. The zero-order chi connectivity index (χ0) is 17.9. The molecule has 0 aliphatic heterocycles. The minimum atomic E-state index is -0.266. The molecule has 2 aromatic heterocycles. The second kappa shape index (κ2) is 7.27. The van der Waals surface area contributed by atoms with Crippen LogP contribution >= 0.6 is 23.4 Å². The van der Waals surface area contributed by atoms with Crippen LogP contribution in [0.4, 0.5) is 4.39 Å². The molecule has 4 aromatic rings. The standard InChI is InChI=1S/C17H12ClFN6S/c18-15-6-1-11(9-14(15)16-21-23-24-22-16)10-26-17-20-7-8-25(17)13-4-2-12(19)3-5-13/h1-9H,10H2,(H,21,22,23,24). The topological polar surface area (TPSA) is 72.3 Å². The van der Waals surface area contributed by atoms with Crippen LogP contribution < -0.4 is 0 Å². The van der Waals surface area contributed by atoms with Gasteiger partial charge in [0, 0.05) is 29.4 Å². The molecule has 6 nitrogen and oxygen atoms in total. The van der Waals surface area contributed by atoms with Gasteiger partial charge in [-0.15, -0.1) is 10.2 Å². The number of hydrogen-bond donors (Lipinski definition) is 1. The van der Waals surface area contributed by atoms with Gasteiger partial charge >= 0.3 is 0 Å². The number of benzene rings is 2. The first-order valence-corrected chi connectivity index (χ1v) is 9.01. The monoisotopic (exact) mass is 386 g/mol. The Bertz CT molecular complexity index is 1020. The molecule has 0 atom stereocenters.